The Labute approximate surface area is 144 Å². The van der Waals surface area contributed by atoms with E-state index in [1.54, 1.807) is 17.3 Å². The van der Waals surface area contributed by atoms with Crippen LogP contribution < -0.4 is 10.2 Å². The molecule has 1 aromatic heterocycles. The topological polar surface area (TPSA) is 45.2 Å². The average molecular weight is 336 g/mol. The van der Waals surface area contributed by atoms with Crippen LogP contribution in [0.1, 0.15) is 22.1 Å². The quantitative estimate of drug-likeness (QED) is 0.766. The van der Waals surface area contributed by atoms with Gasteiger partial charge in [0.15, 0.2) is 0 Å². The molecule has 2 heterocycles. The number of pyridine rings is 1. The molecule has 24 heavy (non-hydrogen) atoms. The SMILES string of the molecule is O=C1c2ccccc2[C@@H](Nc2ccc(Cl)cc2)N1c1cccnc1. The fraction of sp³-hybridized carbons (Fsp3) is 0.0526. The van der Waals surface area contributed by atoms with E-state index in [0.29, 0.717) is 10.6 Å². The predicted molar refractivity (Wildman–Crippen MR) is 95.3 cm³/mol. The van der Waals surface area contributed by atoms with Crippen LogP contribution in [-0.4, -0.2) is 10.9 Å². The molecule has 1 amide bonds. The molecule has 0 fully saturated rings. The Morgan fingerprint density at radius 2 is 1.79 bits per heavy atom. The van der Waals surface area contributed by atoms with E-state index in [4.69, 9.17) is 11.6 Å². The van der Waals surface area contributed by atoms with E-state index in [1.807, 2.05) is 60.7 Å². The molecule has 1 N–H and O–H groups in total. The highest BCUT2D eigenvalue weighted by Gasteiger charge is 2.37. The van der Waals surface area contributed by atoms with Gasteiger partial charge in [-0.25, -0.2) is 0 Å². The summed E-state index contributed by atoms with van der Waals surface area (Å²) >= 11 is 5.96. The van der Waals surface area contributed by atoms with E-state index in [-0.39, 0.29) is 12.1 Å². The highest BCUT2D eigenvalue weighted by atomic mass is 35.5. The smallest absolute Gasteiger partial charge is 0.260 e. The van der Waals surface area contributed by atoms with Crippen LogP contribution in [-0.2, 0) is 0 Å². The van der Waals surface area contributed by atoms with Crippen molar-refractivity contribution in [2.45, 2.75) is 6.17 Å². The Morgan fingerprint density at radius 3 is 2.54 bits per heavy atom. The second kappa shape index (κ2) is 5.98. The van der Waals surface area contributed by atoms with E-state index in [9.17, 15) is 4.79 Å². The summed E-state index contributed by atoms with van der Waals surface area (Å²) in [6.45, 7) is 0. The minimum Gasteiger partial charge on any atom is -0.361 e. The van der Waals surface area contributed by atoms with Gasteiger partial charge in [0.25, 0.3) is 5.91 Å². The molecular formula is C19H14ClN3O. The molecule has 0 aliphatic carbocycles. The Hall–Kier alpha value is -2.85. The number of amides is 1. The lowest BCUT2D eigenvalue weighted by Crippen LogP contribution is -2.32. The summed E-state index contributed by atoms with van der Waals surface area (Å²) in [4.78, 5) is 18.8. The number of carbonyl (C=O) groups is 1. The summed E-state index contributed by atoms with van der Waals surface area (Å²) < 4.78 is 0. The number of halogens is 1. The number of rotatable bonds is 3. The van der Waals surface area contributed by atoms with Gasteiger partial charge in [-0.2, -0.15) is 0 Å². The third kappa shape index (κ3) is 2.51. The summed E-state index contributed by atoms with van der Waals surface area (Å²) in [5.41, 5.74) is 3.29. The van der Waals surface area contributed by atoms with E-state index in [0.717, 1.165) is 16.9 Å². The molecule has 5 heteroatoms. The molecule has 2 aromatic carbocycles. The van der Waals surface area contributed by atoms with Crippen molar-refractivity contribution in [1.29, 1.82) is 0 Å². The first-order chi connectivity index (χ1) is 11.7. The third-order valence-corrected chi connectivity index (χ3v) is 4.29. The predicted octanol–water partition coefficient (Wildman–Crippen LogP) is 4.51. The van der Waals surface area contributed by atoms with Crippen molar-refractivity contribution in [3.8, 4) is 0 Å². The standard InChI is InChI=1S/C19H14ClN3O/c20-13-7-9-14(10-8-13)22-18-16-5-1-2-6-17(16)19(24)23(18)15-4-3-11-21-12-15/h1-12,18,22H/t18-/m0/s1. The van der Waals surface area contributed by atoms with Gasteiger partial charge in [0.05, 0.1) is 11.9 Å². The summed E-state index contributed by atoms with van der Waals surface area (Å²) in [6, 6.07) is 18.8. The van der Waals surface area contributed by atoms with Crippen molar-refractivity contribution in [1.82, 2.24) is 4.98 Å². The van der Waals surface area contributed by atoms with Crippen molar-refractivity contribution in [2.24, 2.45) is 0 Å². The molecule has 0 spiro atoms. The minimum absolute atomic E-state index is 0.0370. The van der Waals surface area contributed by atoms with Crippen molar-refractivity contribution >= 4 is 28.9 Å². The van der Waals surface area contributed by atoms with Gasteiger partial charge in [-0.15, -0.1) is 0 Å². The van der Waals surface area contributed by atoms with Crippen LogP contribution in [0.2, 0.25) is 5.02 Å². The Bertz CT molecular complexity index is 881. The van der Waals surface area contributed by atoms with E-state index < -0.39 is 0 Å². The zero-order valence-corrected chi connectivity index (χ0v) is 13.4. The van der Waals surface area contributed by atoms with Crippen molar-refractivity contribution < 1.29 is 4.79 Å². The minimum atomic E-state index is -0.293. The molecule has 1 aliphatic heterocycles. The molecule has 1 aliphatic rings. The van der Waals surface area contributed by atoms with Crippen LogP contribution >= 0.6 is 11.6 Å². The van der Waals surface area contributed by atoms with Crippen molar-refractivity contribution in [3.05, 3.63) is 89.2 Å². The first-order valence-corrected chi connectivity index (χ1v) is 7.96. The fourth-order valence-corrected chi connectivity index (χ4v) is 3.05. The number of benzene rings is 2. The van der Waals surface area contributed by atoms with Gasteiger partial charge < -0.3 is 5.32 Å². The number of carbonyl (C=O) groups excluding carboxylic acids is 1. The lowest BCUT2D eigenvalue weighted by atomic mass is 10.1. The van der Waals surface area contributed by atoms with Gasteiger partial charge in [-0.3, -0.25) is 14.7 Å². The lowest BCUT2D eigenvalue weighted by Gasteiger charge is -2.26. The van der Waals surface area contributed by atoms with Gasteiger partial charge in [-0.1, -0.05) is 29.8 Å². The van der Waals surface area contributed by atoms with Crippen molar-refractivity contribution in [2.75, 3.05) is 10.2 Å². The number of hydrogen-bond donors (Lipinski definition) is 1. The van der Waals surface area contributed by atoms with E-state index in [1.165, 1.54) is 0 Å². The van der Waals surface area contributed by atoms with Crippen molar-refractivity contribution in [3.63, 3.8) is 0 Å². The molecule has 3 aromatic rings. The molecule has 118 valence electrons. The van der Waals surface area contributed by atoms with Crippen LogP contribution in [0, 0.1) is 0 Å². The third-order valence-electron chi connectivity index (χ3n) is 4.03. The fourth-order valence-electron chi connectivity index (χ4n) is 2.93. The first kappa shape index (κ1) is 14.7. The molecule has 0 bridgehead atoms. The van der Waals surface area contributed by atoms with Gasteiger partial charge in [0, 0.05) is 28.0 Å². The Kier molecular flexibility index (Phi) is 3.67. The number of anilines is 2. The number of nitrogens with zero attached hydrogens (tertiary/aromatic N) is 2. The Balaban J connectivity index is 1.77. The van der Waals surface area contributed by atoms with Gasteiger partial charge in [-0.05, 0) is 42.5 Å². The van der Waals surface area contributed by atoms with Crippen LogP contribution in [0.3, 0.4) is 0 Å². The maximum Gasteiger partial charge on any atom is 0.260 e. The molecular weight excluding hydrogens is 322 g/mol. The highest BCUT2D eigenvalue weighted by molar-refractivity contribution is 6.30. The Morgan fingerprint density at radius 1 is 1.00 bits per heavy atom. The summed E-state index contributed by atoms with van der Waals surface area (Å²) in [5, 5.41) is 4.10. The highest BCUT2D eigenvalue weighted by Crippen LogP contribution is 2.37. The maximum atomic E-state index is 12.9. The van der Waals surface area contributed by atoms with Crippen LogP contribution in [0.5, 0.6) is 0 Å². The molecule has 0 unspecified atom stereocenters. The molecule has 4 nitrogen and oxygen atoms in total. The normalized spacial score (nSPS) is 16.1. The van der Waals surface area contributed by atoms with E-state index in [2.05, 4.69) is 10.3 Å². The largest absolute Gasteiger partial charge is 0.361 e. The lowest BCUT2D eigenvalue weighted by molar-refractivity contribution is 0.0993. The summed E-state index contributed by atoms with van der Waals surface area (Å²) in [5.74, 6) is -0.0370. The van der Waals surface area contributed by atoms with Gasteiger partial charge in [0.1, 0.15) is 6.17 Å². The number of nitrogens with one attached hydrogen (secondary N) is 1. The van der Waals surface area contributed by atoms with Gasteiger partial charge >= 0.3 is 0 Å². The monoisotopic (exact) mass is 335 g/mol. The van der Waals surface area contributed by atoms with Crippen LogP contribution in [0.15, 0.2) is 73.1 Å². The van der Waals surface area contributed by atoms with Gasteiger partial charge in [0.2, 0.25) is 0 Å². The summed E-state index contributed by atoms with van der Waals surface area (Å²) in [6.07, 6.45) is 3.10. The van der Waals surface area contributed by atoms with E-state index >= 15 is 0 Å². The zero-order chi connectivity index (χ0) is 16.5. The summed E-state index contributed by atoms with van der Waals surface area (Å²) in [7, 11) is 0. The molecule has 0 radical (unpaired) electrons. The second-order valence-corrected chi connectivity index (χ2v) is 5.96. The van der Waals surface area contributed by atoms with Crippen LogP contribution in [0.4, 0.5) is 11.4 Å². The molecule has 0 saturated heterocycles. The molecule has 0 saturated carbocycles. The van der Waals surface area contributed by atoms with Crippen LogP contribution in [0.25, 0.3) is 0 Å². The number of fused-ring (bicyclic) bond motifs is 1. The number of hydrogen-bond acceptors (Lipinski definition) is 3. The average Bonchev–Trinajstić information content (AvgIpc) is 2.90. The molecule has 1 atom stereocenters. The molecule has 4 rings (SSSR count). The second-order valence-electron chi connectivity index (χ2n) is 5.53. The number of aromatic nitrogens is 1. The zero-order valence-electron chi connectivity index (χ0n) is 12.7. The first-order valence-electron chi connectivity index (χ1n) is 7.59. The maximum absolute atomic E-state index is 12.9.